The number of aliphatic hydroxyl groups is 1. The van der Waals surface area contributed by atoms with Crippen molar-refractivity contribution >= 4 is 11.7 Å². The molecule has 4 aliphatic carbocycles. The lowest BCUT2D eigenvalue weighted by molar-refractivity contribution is -0.0166. The van der Waals surface area contributed by atoms with Crippen LogP contribution < -0.4 is 10.2 Å². The monoisotopic (exact) mass is 445 g/mol. The predicted octanol–water partition coefficient (Wildman–Crippen LogP) is 4.72. The first-order valence-corrected chi connectivity index (χ1v) is 12.8. The second kappa shape index (κ2) is 8.12. The molecule has 2 aromatic rings. The summed E-state index contributed by atoms with van der Waals surface area (Å²) < 4.78 is 0. The van der Waals surface area contributed by atoms with E-state index in [0.29, 0.717) is 18.4 Å². The summed E-state index contributed by atoms with van der Waals surface area (Å²) in [6.45, 7) is 3.54. The lowest BCUT2D eigenvalue weighted by Crippen LogP contribution is -2.60. The van der Waals surface area contributed by atoms with Gasteiger partial charge in [0, 0.05) is 24.2 Å². The maximum Gasteiger partial charge on any atom is 0.255 e. The standard InChI is InChI=1S/C28H35N3O2/c1-18-3-2-4-22(11-18)25-6-5-24(26(29-25)31-9-7-23(32)8-10-31)27(33)30-28-15-19-12-20(16-28)14-21(13-19)17-28/h2-6,11,19-21,23,32H,7-10,12-17H2,1H3,(H,30,33). The van der Waals surface area contributed by atoms with Gasteiger partial charge in [-0.1, -0.05) is 23.8 Å². The zero-order valence-corrected chi connectivity index (χ0v) is 19.6. The molecule has 4 saturated carbocycles. The second-order valence-corrected chi connectivity index (χ2v) is 11.3. The number of rotatable bonds is 4. The van der Waals surface area contributed by atoms with Gasteiger partial charge in [0.2, 0.25) is 0 Å². The van der Waals surface area contributed by atoms with Crippen molar-refractivity contribution in [3.63, 3.8) is 0 Å². The van der Waals surface area contributed by atoms with Gasteiger partial charge in [0.25, 0.3) is 5.91 Å². The van der Waals surface area contributed by atoms with E-state index in [1.165, 1.54) is 24.8 Å². The summed E-state index contributed by atoms with van der Waals surface area (Å²) in [5.74, 6) is 3.17. The number of hydrogen-bond donors (Lipinski definition) is 2. The summed E-state index contributed by atoms with van der Waals surface area (Å²) >= 11 is 0. The number of amides is 1. The van der Waals surface area contributed by atoms with Crippen molar-refractivity contribution in [2.24, 2.45) is 17.8 Å². The molecular weight excluding hydrogens is 410 g/mol. The fourth-order valence-electron chi connectivity index (χ4n) is 7.48. The molecule has 33 heavy (non-hydrogen) atoms. The van der Waals surface area contributed by atoms with Crippen LogP contribution in [0.15, 0.2) is 36.4 Å². The van der Waals surface area contributed by atoms with Crippen molar-refractivity contribution in [1.82, 2.24) is 10.3 Å². The Kier molecular flexibility index (Phi) is 5.21. The fourth-order valence-corrected chi connectivity index (χ4v) is 7.48. The molecule has 5 aliphatic rings. The van der Waals surface area contributed by atoms with Crippen LogP contribution in [-0.4, -0.2) is 40.7 Å². The smallest absolute Gasteiger partial charge is 0.255 e. The minimum absolute atomic E-state index is 0.0175. The number of aromatic nitrogens is 1. The van der Waals surface area contributed by atoms with E-state index in [0.717, 1.165) is 67.2 Å². The Bertz CT molecular complexity index is 1020. The van der Waals surface area contributed by atoms with Crippen molar-refractivity contribution in [3.05, 3.63) is 47.5 Å². The summed E-state index contributed by atoms with van der Waals surface area (Å²) in [6.07, 6.45) is 8.69. The SMILES string of the molecule is Cc1cccc(-c2ccc(C(=O)NC34CC5CC(CC(C5)C3)C4)c(N3CCC(O)CC3)n2)c1. The molecule has 4 bridgehead atoms. The van der Waals surface area contributed by atoms with Crippen LogP contribution in [0.2, 0.25) is 0 Å². The molecule has 0 atom stereocenters. The zero-order chi connectivity index (χ0) is 22.6. The van der Waals surface area contributed by atoms with Gasteiger partial charge >= 0.3 is 0 Å². The van der Waals surface area contributed by atoms with Crippen molar-refractivity contribution in [3.8, 4) is 11.3 Å². The summed E-state index contributed by atoms with van der Waals surface area (Å²) in [7, 11) is 0. The van der Waals surface area contributed by atoms with Crippen molar-refractivity contribution in [1.29, 1.82) is 0 Å². The lowest BCUT2D eigenvalue weighted by atomic mass is 9.53. The second-order valence-electron chi connectivity index (χ2n) is 11.3. The summed E-state index contributed by atoms with van der Waals surface area (Å²) in [6, 6.07) is 12.3. The molecule has 1 aromatic heterocycles. The van der Waals surface area contributed by atoms with Gasteiger partial charge in [0.1, 0.15) is 5.82 Å². The van der Waals surface area contributed by atoms with Gasteiger partial charge in [-0.2, -0.15) is 0 Å². The van der Waals surface area contributed by atoms with Gasteiger partial charge in [-0.15, -0.1) is 0 Å². The van der Waals surface area contributed by atoms with Gasteiger partial charge in [0.05, 0.1) is 17.4 Å². The Morgan fingerprint density at radius 1 is 1.03 bits per heavy atom. The molecule has 2 N–H and O–H groups in total. The normalized spacial score (nSPS) is 31.1. The molecule has 5 heteroatoms. The number of nitrogens with one attached hydrogen (secondary N) is 1. The molecule has 0 unspecified atom stereocenters. The van der Waals surface area contributed by atoms with Gasteiger partial charge in [-0.25, -0.2) is 4.98 Å². The summed E-state index contributed by atoms with van der Waals surface area (Å²) in [5, 5.41) is 13.6. The summed E-state index contributed by atoms with van der Waals surface area (Å²) in [4.78, 5) is 21.0. The predicted molar refractivity (Wildman–Crippen MR) is 130 cm³/mol. The van der Waals surface area contributed by atoms with Crippen LogP contribution in [0.25, 0.3) is 11.3 Å². The number of benzene rings is 1. The number of pyridine rings is 1. The topological polar surface area (TPSA) is 65.5 Å². The van der Waals surface area contributed by atoms with E-state index in [9.17, 15) is 9.90 Å². The van der Waals surface area contributed by atoms with E-state index in [1.54, 1.807) is 0 Å². The number of hydrogen-bond acceptors (Lipinski definition) is 4. The van der Waals surface area contributed by atoms with Crippen LogP contribution in [0, 0.1) is 24.7 Å². The lowest BCUT2D eigenvalue weighted by Gasteiger charge is -2.56. The minimum atomic E-state index is -0.259. The number of carbonyl (C=O) groups is 1. The van der Waals surface area contributed by atoms with Crippen LogP contribution in [0.3, 0.4) is 0 Å². The van der Waals surface area contributed by atoms with E-state index in [4.69, 9.17) is 4.98 Å². The molecule has 0 radical (unpaired) electrons. The van der Waals surface area contributed by atoms with Gasteiger partial charge in [-0.3, -0.25) is 4.79 Å². The highest BCUT2D eigenvalue weighted by atomic mass is 16.3. The average Bonchev–Trinajstić information content (AvgIpc) is 2.78. The van der Waals surface area contributed by atoms with Crippen molar-refractivity contribution < 1.29 is 9.90 Å². The molecule has 5 fully saturated rings. The zero-order valence-electron chi connectivity index (χ0n) is 19.6. The summed E-state index contributed by atoms with van der Waals surface area (Å²) in [5.41, 5.74) is 3.82. The van der Waals surface area contributed by atoms with Crippen LogP contribution in [0.5, 0.6) is 0 Å². The highest BCUT2D eigenvalue weighted by Gasteiger charge is 2.51. The molecule has 2 heterocycles. The molecular formula is C28H35N3O2. The van der Waals surface area contributed by atoms with Crippen molar-refractivity contribution in [2.75, 3.05) is 18.0 Å². The van der Waals surface area contributed by atoms with E-state index in [-0.39, 0.29) is 17.6 Å². The molecule has 1 amide bonds. The Labute approximate surface area is 196 Å². The fraction of sp³-hybridized carbons (Fsp3) is 0.571. The maximum absolute atomic E-state index is 13.7. The molecule has 0 spiro atoms. The number of aryl methyl sites for hydroxylation is 1. The van der Waals surface area contributed by atoms with E-state index < -0.39 is 0 Å². The molecule has 174 valence electrons. The maximum atomic E-state index is 13.7. The third-order valence-corrected chi connectivity index (χ3v) is 8.61. The van der Waals surface area contributed by atoms with Crippen LogP contribution in [0.1, 0.15) is 67.3 Å². The Morgan fingerprint density at radius 2 is 1.70 bits per heavy atom. The van der Waals surface area contributed by atoms with Crippen molar-refractivity contribution in [2.45, 2.75) is 69.9 Å². The number of carbonyl (C=O) groups excluding carboxylic acids is 1. The highest BCUT2D eigenvalue weighted by molar-refractivity contribution is 6.00. The Balaban J connectivity index is 1.32. The number of aliphatic hydroxyl groups excluding tert-OH is 1. The average molecular weight is 446 g/mol. The third kappa shape index (κ3) is 4.05. The number of piperidine rings is 1. The first-order chi connectivity index (χ1) is 16.0. The quantitative estimate of drug-likeness (QED) is 0.715. The van der Waals surface area contributed by atoms with Crippen LogP contribution in [0.4, 0.5) is 5.82 Å². The largest absolute Gasteiger partial charge is 0.393 e. The van der Waals surface area contributed by atoms with Gasteiger partial charge in [-0.05, 0) is 94.2 Å². The van der Waals surface area contributed by atoms with Crippen LogP contribution in [-0.2, 0) is 0 Å². The van der Waals surface area contributed by atoms with E-state index in [1.807, 2.05) is 12.1 Å². The first kappa shape index (κ1) is 21.2. The first-order valence-electron chi connectivity index (χ1n) is 12.8. The Morgan fingerprint density at radius 3 is 2.33 bits per heavy atom. The van der Waals surface area contributed by atoms with E-state index in [2.05, 4.69) is 41.4 Å². The molecule has 7 rings (SSSR count). The van der Waals surface area contributed by atoms with Gasteiger partial charge < -0.3 is 15.3 Å². The number of nitrogens with zero attached hydrogens (tertiary/aromatic N) is 2. The molecule has 5 nitrogen and oxygen atoms in total. The van der Waals surface area contributed by atoms with E-state index >= 15 is 0 Å². The third-order valence-electron chi connectivity index (χ3n) is 8.61. The number of anilines is 1. The minimum Gasteiger partial charge on any atom is -0.393 e. The molecule has 1 aliphatic heterocycles. The molecule has 1 aromatic carbocycles. The molecule has 1 saturated heterocycles. The van der Waals surface area contributed by atoms with Crippen LogP contribution >= 0.6 is 0 Å². The Hall–Kier alpha value is -2.40. The van der Waals surface area contributed by atoms with Gasteiger partial charge in [0.15, 0.2) is 0 Å². The highest BCUT2D eigenvalue weighted by Crippen LogP contribution is 2.55.